The largest absolute Gasteiger partial charge is 0.358 e. The second kappa shape index (κ2) is 7.67. The minimum absolute atomic E-state index is 0.00115. The van der Waals surface area contributed by atoms with Crippen LogP contribution < -0.4 is 16.0 Å². The van der Waals surface area contributed by atoms with Gasteiger partial charge in [-0.2, -0.15) is 0 Å². The lowest BCUT2D eigenvalue weighted by Gasteiger charge is -2.24. The van der Waals surface area contributed by atoms with Crippen LogP contribution in [0.1, 0.15) is 47.9 Å². The summed E-state index contributed by atoms with van der Waals surface area (Å²) >= 11 is 0. The summed E-state index contributed by atoms with van der Waals surface area (Å²) in [6.45, 7) is 5.87. The molecule has 0 bridgehead atoms. The van der Waals surface area contributed by atoms with Crippen molar-refractivity contribution in [3.05, 3.63) is 47.0 Å². The van der Waals surface area contributed by atoms with Gasteiger partial charge in [0.15, 0.2) is 0 Å². The van der Waals surface area contributed by atoms with E-state index in [1.807, 2.05) is 13.8 Å². The molecule has 2 heterocycles. The van der Waals surface area contributed by atoms with Crippen LogP contribution in [0, 0.1) is 12.7 Å². The third-order valence-electron chi connectivity index (χ3n) is 5.06. The van der Waals surface area contributed by atoms with Gasteiger partial charge in [-0.1, -0.05) is 11.3 Å². The van der Waals surface area contributed by atoms with E-state index in [1.54, 1.807) is 37.0 Å². The molecule has 1 aliphatic heterocycles. The number of hydrogen-bond donors (Lipinski definition) is 3. The van der Waals surface area contributed by atoms with Crippen LogP contribution in [-0.2, 0) is 10.3 Å². The number of benzene rings is 1. The fourth-order valence-corrected chi connectivity index (χ4v) is 3.19. The summed E-state index contributed by atoms with van der Waals surface area (Å²) in [5, 5.41) is 17.0. The number of halogens is 1. The Balaban J connectivity index is 1.70. The van der Waals surface area contributed by atoms with E-state index in [4.69, 9.17) is 0 Å². The molecular weight excluding hydrogens is 363 g/mol. The van der Waals surface area contributed by atoms with Crippen molar-refractivity contribution >= 4 is 11.8 Å². The average Bonchev–Trinajstić information content (AvgIpc) is 3.32. The molecule has 2 aromatic rings. The van der Waals surface area contributed by atoms with Crippen LogP contribution in [0.4, 0.5) is 4.39 Å². The van der Waals surface area contributed by atoms with Gasteiger partial charge in [-0.25, -0.2) is 9.07 Å². The SMILES string of the molecule is CNC(=O)C1CC(n2cc(C(C)(C)NC(=O)c3ccc(C)c(F)c3)nn2)CN1. The summed E-state index contributed by atoms with van der Waals surface area (Å²) in [7, 11) is 1.61. The van der Waals surface area contributed by atoms with Crippen molar-refractivity contribution < 1.29 is 14.0 Å². The molecule has 3 N–H and O–H groups in total. The van der Waals surface area contributed by atoms with Crippen LogP contribution in [0.25, 0.3) is 0 Å². The van der Waals surface area contributed by atoms with E-state index in [-0.39, 0.29) is 29.5 Å². The first-order chi connectivity index (χ1) is 13.2. The number of carbonyl (C=O) groups is 2. The van der Waals surface area contributed by atoms with Crippen molar-refractivity contribution in [2.75, 3.05) is 13.6 Å². The van der Waals surface area contributed by atoms with Crippen LogP contribution in [0.3, 0.4) is 0 Å². The van der Waals surface area contributed by atoms with E-state index in [0.717, 1.165) is 0 Å². The number of rotatable bonds is 5. The van der Waals surface area contributed by atoms with Gasteiger partial charge in [-0.05, 0) is 44.9 Å². The molecule has 28 heavy (non-hydrogen) atoms. The van der Waals surface area contributed by atoms with Gasteiger partial charge in [0.1, 0.15) is 11.5 Å². The van der Waals surface area contributed by atoms with Crippen LogP contribution in [-0.4, -0.2) is 46.4 Å². The monoisotopic (exact) mass is 388 g/mol. The third-order valence-corrected chi connectivity index (χ3v) is 5.06. The highest BCUT2D eigenvalue weighted by Gasteiger charge is 2.32. The molecule has 2 amide bonds. The normalized spacial score (nSPS) is 19.5. The summed E-state index contributed by atoms with van der Waals surface area (Å²) < 4.78 is 15.5. The van der Waals surface area contributed by atoms with E-state index < -0.39 is 11.4 Å². The summed E-state index contributed by atoms with van der Waals surface area (Å²) in [5.41, 5.74) is 0.510. The zero-order valence-corrected chi connectivity index (χ0v) is 16.4. The topological polar surface area (TPSA) is 101 Å². The average molecular weight is 388 g/mol. The Bertz CT molecular complexity index is 894. The summed E-state index contributed by atoms with van der Waals surface area (Å²) in [6.07, 6.45) is 2.38. The molecule has 8 nitrogen and oxygen atoms in total. The van der Waals surface area contributed by atoms with E-state index in [0.29, 0.717) is 24.2 Å². The standard InChI is InChI=1S/C19H25FN6O2/c1-11-5-6-12(7-14(11)20)17(27)23-19(2,3)16-10-26(25-24-16)13-8-15(22-9-13)18(28)21-4/h5-7,10,13,15,22H,8-9H2,1-4H3,(H,21,28)(H,23,27). The number of aromatic nitrogens is 3. The summed E-state index contributed by atoms with van der Waals surface area (Å²) in [6, 6.07) is 4.13. The Morgan fingerprint density at radius 2 is 2.11 bits per heavy atom. The number of nitrogens with one attached hydrogen (secondary N) is 3. The van der Waals surface area contributed by atoms with Crippen LogP contribution in [0.5, 0.6) is 0 Å². The second-order valence-corrected chi connectivity index (χ2v) is 7.59. The van der Waals surface area contributed by atoms with Crippen molar-refractivity contribution in [1.29, 1.82) is 0 Å². The molecule has 1 aromatic carbocycles. The number of hydrogen-bond acceptors (Lipinski definition) is 5. The lowest BCUT2D eigenvalue weighted by atomic mass is 10.0. The van der Waals surface area contributed by atoms with Gasteiger partial charge in [-0.15, -0.1) is 5.10 Å². The first-order valence-corrected chi connectivity index (χ1v) is 9.17. The van der Waals surface area contributed by atoms with E-state index in [2.05, 4.69) is 26.3 Å². The Labute approximate surface area is 162 Å². The lowest BCUT2D eigenvalue weighted by Crippen LogP contribution is -2.41. The molecule has 0 saturated carbocycles. The second-order valence-electron chi connectivity index (χ2n) is 7.59. The Kier molecular flexibility index (Phi) is 5.46. The molecule has 1 aromatic heterocycles. The number of likely N-dealkylation sites (N-methyl/N-ethyl adjacent to an activating group) is 1. The molecule has 0 aliphatic carbocycles. The van der Waals surface area contributed by atoms with E-state index in [1.165, 1.54) is 6.07 Å². The van der Waals surface area contributed by atoms with Crippen LogP contribution >= 0.6 is 0 Å². The molecule has 1 saturated heterocycles. The van der Waals surface area contributed by atoms with Crippen molar-refractivity contribution in [3.8, 4) is 0 Å². The van der Waals surface area contributed by atoms with Gasteiger partial charge < -0.3 is 16.0 Å². The Hall–Kier alpha value is -2.81. The lowest BCUT2D eigenvalue weighted by molar-refractivity contribution is -0.122. The highest BCUT2D eigenvalue weighted by atomic mass is 19.1. The first-order valence-electron chi connectivity index (χ1n) is 9.17. The molecule has 2 atom stereocenters. The predicted octanol–water partition coefficient (Wildman–Crippen LogP) is 1.04. The number of nitrogens with zero attached hydrogens (tertiary/aromatic N) is 3. The number of amides is 2. The smallest absolute Gasteiger partial charge is 0.252 e. The Morgan fingerprint density at radius 3 is 2.79 bits per heavy atom. The van der Waals surface area contributed by atoms with Crippen LogP contribution in [0.2, 0.25) is 0 Å². The van der Waals surface area contributed by atoms with Crippen molar-refractivity contribution in [2.24, 2.45) is 0 Å². The zero-order chi connectivity index (χ0) is 20.5. The van der Waals surface area contributed by atoms with Crippen molar-refractivity contribution in [1.82, 2.24) is 30.9 Å². The van der Waals surface area contributed by atoms with Gasteiger partial charge in [0.25, 0.3) is 5.91 Å². The summed E-state index contributed by atoms with van der Waals surface area (Å²) in [4.78, 5) is 24.3. The zero-order valence-electron chi connectivity index (χ0n) is 16.4. The van der Waals surface area contributed by atoms with E-state index >= 15 is 0 Å². The maximum atomic E-state index is 13.7. The maximum Gasteiger partial charge on any atom is 0.252 e. The highest BCUT2D eigenvalue weighted by molar-refractivity contribution is 5.94. The predicted molar refractivity (Wildman–Crippen MR) is 101 cm³/mol. The fraction of sp³-hybridized carbons (Fsp3) is 0.474. The van der Waals surface area contributed by atoms with Gasteiger partial charge >= 0.3 is 0 Å². The maximum absolute atomic E-state index is 13.7. The number of carbonyl (C=O) groups excluding carboxylic acids is 2. The minimum Gasteiger partial charge on any atom is -0.358 e. The molecule has 1 fully saturated rings. The number of aryl methyl sites for hydroxylation is 1. The van der Waals surface area contributed by atoms with E-state index in [9.17, 15) is 14.0 Å². The van der Waals surface area contributed by atoms with Crippen molar-refractivity contribution in [2.45, 2.75) is 44.8 Å². The highest BCUT2D eigenvalue weighted by Crippen LogP contribution is 2.23. The van der Waals surface area contributed by atoms with Crippen molar-refractivity contribution in [3.63, 3.8) is 0 Å². The molecule has 2 unspecified atom stereocenters. The molecule has 9 heteroatoms. The molecule has 150 valence electrons. The molecule has 0 spiro atoms. The summed E-state index contributed by atoms with van der Waals surface area (Å²) in [5.74, 6) is -0.864. The molecule has 3 rings (SSSR count). The molecule has 0 radical (unpaired) electrons. The Morgan fingerprint density at radius 1 is 1.36 bits per heavy atom. The minimum atomic E-state index is -0.803. The molecular formula is C19H25FN6O2. The molecule has 1 aliphatic rings. The van der Waals surface area contributed by atoms with Gasteiger partial charge in [-0.3, -0.25) is 9.59 Å². The van der Waals surface area contributed by atoms with Crippen LogP contribution in [0.15, 0.2) is 24.4 Å². The quantitative estimate of drug-likeness (QED) is 0.711. The fourth-order valence-electron chi connectivity index (χ4n) is 3.19. The van der Waals surface area contributed by atoms with Gasteiger partial charge in [0.05, 0.1) is 23.8 Å². The third kappa shape index (κ3) is 4.04. The van der Waals surface area contributed by atoms with Gasteiger partial charge in [0, 0.05) is 19.2 Å². The first kappa shape index (κ1) is 19.9. The van der Waals surface area contributed by atoms with Gasteiger partial charge in [0.2, 0.25) is 5.91 Å².